The first-order chi connectivity index (χ1) is 13.5. The van der Waals surface area contributed by atoms with E-state index in [-0.39, 0.29) is 11.6 Å². The number of nitrogens with zero attached hydrogens (tertiary/aromatic N) is 1. The van der Waals surface area contributed by atoms with Crippen molar-refractivity contribution in [3.8, 4) is 17.1 Å². The largest absolute Gasteiger partial charge is 0.494 e. The molecule has 1 heterocycles. The molecular weight excluding hydrogens is 360 g/mol. The van der Waals surface area contributed by atoms with Crippen molar-refractivity contribution in [2.75, 3.05) is 11.9 Å². The van der Waals surface area contributed by atoms with Crippen LogP contribution in [0.15, 0.2) is 71.2 Å². The molecule has 0 bridgehead atoms. The van der Waals surface area contributed by atoms with Crippen molar-refractivity contribution in [3.63, 3.8) is 0 Å². The number of ether oxygens (including phenoxy) is 1. The number of nitrogens with one attached hydrogen (secondary N) is 1. The number of amides is 1. The first-order valence-electron chi connectivity index (χ1n) is 8.62. The van der Waals surface area contributed by atoms with Crippen LogP contribution in [0.3, 0.4) is 0 Å². The van der Waals surface area contributed by atoms with Gasteiger partial charge in [0.2, 0.25) is 5.91 Å². The molecule has 1 N–H and O–H groups in total. The van der Waals surface area contributed by atoms with Gasteiger partial charge in [0.15, 0.2) is 0 Å². The summed E-state index contributed by atoms with van der Waals surface area (Å²) in [5, 5.41) is 13.6. The van der Waals surface area contributed by atoms with Crippen LogP contribution in [0.5, 0.6) is 5.75 Å². The fourth-order valence-corrected chi connectivity index (χ4v) is 2.51. The topological polar surface area (TPSA) is 94.6 Å². The van der Waals surface area contributed by atoms with Crippen LogP contribution >= 0.6 is 0 Å². The molecule has 3 rings (SSSR count). The lowest BCUT2D eigenvalue weighted by Crippen LogP contribution is -2.07. The number of furan rings is 1. The summed E-state index contributed by atoms with van der Waals surface area (Å²) in [7, 11) is 0. The molecule has 142 valence electrons. The van der Waals surface area contributed by atoms with Gasteiger partial charge in [-0.2, -0.15) is 0 Å². The Morgan fingerprint density at radius 3 is 2.68 bits per heavy atom. The lowest BCUT2D eigenvalue weighted by Gasteiger charge is -2.05. The summed E-state index contributed by atoms with van der Waals surface area (Å²) in [6, 6.07) is 16.6. The van der Waals surface area contributed by atoms with Gasteiger partial charge >= 0.3 is 0 Å². The summed E-state index contributed by atoms with van der Waals surface area (Å²) in [5.74, 6) is 1.37. The number of rotatable bonds is 7. The maximum absolute atomic E-state index is 12.0. The summed E-state index contributed by atoms with van der Waals surface area (Å²) in [4.78, 5) is 22.5. The van der Waals surface area contributed by atoms with Gasteiger partial charge in [-0.05, 0) is 49.4 Å². The van der Waals surface area contributed by atoms with Crippen molar-refractivity contribution >= 4 is 23.4 Å². The minimum atomic E-state index is -0.460. The number of hydrogen-bond donors (Lipinski definition) is 1. The van der Waals surface area contributed by atoms with Crippen LogP contribution in [0.4, 0.5) is 11.4 Å². The average Bonchev–Trinajstić information content (AvgIpc) is 3.17. The number of nitro groups is 1. The molecule has 1 amide bonds. The molecule has 0 saturated heterocycles. The zero-order valence-electron chi connectivity index (χ0n) is 15.1. The van der Waals surface area contributed by atoms with Crippen molar-refractivity contribution in [2.45, 2.75) is 6.92 Å². The monoisotopic (exact) mass is 378 g/mol. The highest BCUT2D eigenvalue weighted by molar-refractivity contribution is 6.01. The van der Waals surface area contributed by atoms with E-state index < -0.39 is 4.92 Å². The van der Waals surface area contributed by atoms with Crippen LogP contribution in [0.25, 0.3) is 17.4 Å². The highest BCUT2D eigenvalue weighted by atomic mass is 16.6. The second kappa shape index (κ2) is 8.68. The fraction of sp³-hybridized carbons (Fsp3) is 0.0952. The Balaban J connectivity index is 1.64. The van der Waals surface area contributed by atoms with Crippen molar-refractivity contribution in [2.24, 2.45) is 0 Å². The predicted octanol–water partition coefficient (Wildman–Crippen LogP) is 4.91. The standard InChI is InChI=1S/C21H18N2O5/c1-2-27-18-8-6-16(7-9-18)22-21(24)13-11-19-10-12-20(28-19)15-4-3-5-17(14-15)23(25)26/h3-14H,2H2,1H3,(H,22,24)/b13-11+. The van der Waals surface area contributed by atoms with Crippen LogP contribution in [0.2, 0.25) is 0 Å². The summed E-state index contributed by atoms with van der Waals surface area (Å²) >= 11 is 0. The third-order valence-electron chi connectivity index (χ3n) is 3.80. The number of nitro benzene ring substituents is 1. The minimum Gasteiger partial charge on any atom is -0.494 e. The van der Waals surface area contributed by atoms with E-state index in [0.29, 0.717) is 29.4 Å². The molecule has 0 atom stereocenters. The first-order valence-corrected chi connectivity index (χ1v) is 8.62. The Kier molecular flexibility index (Phi) is 5.86. The fourth-order valence-electron chi connectivity index (χ4n) is 2.51. The molecule has 7 nitrogen and oxygen atoms in total. The summed E-state index contributed by atoms with van der Waals surface area (Å²) in [5.41, 5.74) is 1.23. The van der Waals surface area contributed by atoms with Gasteiger partial charge in [-0.1, -0.05) is 12.1 Å². The van der Waals surface area contributed by atoms with Gasteiger partial charge in [0, 0.05) is 29.5 Å². The maximum atomic E-state index is 12.0. The van der Waals surface area contributed by atoms with E-state index in [1.54, 1.807) is 48.5 Å². The molecule has 0 aliphatic rings. The Morgan fingerprint density at radius 2 is 1.96 bits per heavy atom. The third kappa shape index (κ3) is 4.85. The Hall–Kier alpha value is -3.87. The summed E-state index contributed by atoms with van der Waals surface area (Å²) in [6.45, 7) is 2.48. The molecule has 0 radical (unpaired) electrons. The normalized spacial score (nSPS) is 10.8. The van der Waals surface area contributed by atoms with Gasteiger partial charge in [-0.25, -0.2) is 0 Å². The van der Waals surface area contributed by atoms with Crippen molar-refractivity contribution in [3.05, 3.63) is 82.6 Å². The van der Waals surface area contributed by atoms with Gasteiger partial charge in [-0.15, -0.1) is 0 Å². The predicted molar refractivity (Wildman–Crippen MR) is 106 cm³/mol. The second-order valence-electron chi connectivity index (χ2n) is 5.79. The molecule has 0 spiro atoms. The number of carbonyl (C=O) groups is 1. The van der Waals surface area contributed by atoms with E-state index in [0.717, 1.165) is 5.75 Å². The lowest BCUT2D eigenvalue weighted by molar-refractivity contribution is -0.384. The number of carbonyl (C=O) groups excluding carboxylic acids is 1. The molecule has 0 aliphatic carbocycles. The molecule has 7 heteroatoms. The molecule has 0 aliphatic heterocycles. The van der Waals surface area contributed by atoms with Crippen LogP contribution in [-0.2, 0) is 4.79 Å². The number of non-ortho nitro benzene ring substituents is 1. The van der Waals surface area contributed by atoms with E-state index in [4.69, 9.17) is 9.15 Å². The van der Waals surface area contributed by atoms with E-state index in [1.165, 1.54) is 24.3 Å². The Labute approximate surface area is 161 Å². The first kappa shape index (κ1) is 18.9. The highest BCUT2D eigenvalue weighted by Gasteiger charge is 2.09. The molecule has 0 unspecified atom stereocenters. The molecule has 2 aromatic carbocycles. The average molecular weight is 378 g/mol. The highest BCUT2D eigenvalue weighted by Crippen LogP contribution is 2.26. The molecule has 1 aromatic heterocycles. The minimum absolute atomic E-state index is 0.0132. The summed E-state index contributed by atoms with van der Waals surface area (Å²) < 4.78 is 11.0. The Morgan fingerprint density at radius 1 is 1.18 bits per heavy atom. The quantitative estimate of drug-likeness (QED) is 0.358. The second-order valence-corrected chi connectivity index (χ2v) is 5.79. The van der Waals surface area contributed by atoms with Crippen LogP contribution in [0, 0.1) is 10.1 Å². The van der Waals surface area contributed by atoms with Gasteiger partial charge in [0.05, 0.1) is 11.5 Å². The van der Waals surface area contributed by atoms with Crippen LogP contribution in [0.1, 0.15) is 12.7 Å². The molecule has 3 aromatic rings. The van der Waals surface area contributed by atoms with E-state index >= 15 is 0 Å². The van der Waals surface area contributed by atoms with Crippen molar-refractivity contribution in [1.82, 2.24) is 0 Å². The van der Waals surface area contributed by atoms with Crippen molar-refractivity contribution < 1.29 is 18.9 Å². The smallest absolute Gasteiger partial charge is 0.270 e. The maximum Gasteiger partial charge on any atom is 0.270 e. The molecule has 28 heavy (non-hydrogen) atoms. The van der Waals surface area contributed by atoms with Gasteiger partial charge < -0.3 is 14.5 Å². The molecule has 0 saturated carbocycles. The SMILES string of the molecule is CCOc1ccc(NC(=O)/C=C/c2ccc(-c3cccc([N+](=O)[O-])c3)o2)cc1. The van der Waals surface area contributed by atoms with E-state index in [2.05, 4.69) is 5.32 Å². The number of hydrogen-bond acceptors (Lipinski definition) is 5. The van der Waals surface area contributed by atoms with Crippen molar-refractivity contribution in [1.29, 1.82) is 0 Å². The van der Waals surface area contributed by atoms with E-state index in [1.807, 2.05) is 6.92 Å². The Bertz CT molecular complexity index is 1010. The zero-order valence-corrected chi connectivity index (χ0v) is 15.1. The van der Waals surface area contributed by atoms with Gasteiger partial charge in [0.25, 0.3) is 5.69 Å². The lowest BCUT2D eigenvalue weighted by atomic mass is 10.1. The van der Waals surface area contributed by atoms with E-state index in [9.17, 15) is 14.9 Å². The third-order valence-corrected chi connectivity index (χ3v) is 3.80. The number of anilines is 1. The van der Waals surface area contributed by atoms with Crippen LogP contribution in [-0.4, -0.2) is 17.4 Å². The summed E-state index contributed by atoms with van der Waals surface area (Å²) in [6.07, 6.45) is 2.89. The number of benzene rings is 2. The molecule has 0 fully saturated rings. The van der Waals surface area contributed by atoms with Crippen LogP contribution < -0.4 is 10.1 Å². The molecular formula is C21H18N2O5. The van der Waals surface area contributed by atoms with Gasteiger partial charge in [-0.3, -0.25) is 14.9 Å². The van der Waals surface area contributed by atoms with Gasteiger partial charge in [0.1, 0.15) is 17.3 Å². The zero-order chi connectivity index (χ0) is 19.9.